The molecule has 4 heteroatoms. The highest BCUT2D eigenvalue weighted by Gasteiger charge is 2.15. The third-order valence-corrected chi connectivity index (χ3v) is 4.18. The van der Waals surface area contributed by atoms with Gasteiger partial charge in [0, 0.05) is 11.7 Å². The molecule has 1 saturated carbocycles. The lowest BCUT2D eigenvalue weighted by atomic mass is 10.0. The van der Waals surface area contributed by atoms with Crippen LogP contribution in [0, 0.1) is 5.92 Å². The summed E-state index contributed by atoms with van der Waals surface area (Å²) in [5.41, 5.74) is 2.25. The van der Waals surface area contributed by atoms with Crippen LogP contribution in [0.5, 0.6) is 0 Å². The molecule has 0 saturated heterocycles. The molecule has 1 fully saturated rings. The summed E-state index contributed by atoms with van der Waals surface area (Å²) in [6, 6.07) is 9.04. The Morgan fingerprint density at radius 1 is 1.10 bits per heavy atom. The van der Waals surface area contributed by atoms with Crippen LogP contribution in [-0.2, 0) is 0 Å². The van der Waals surface area contributed by atoms with E-state index in [0.717, 1.165) is 11.6 Å². The Bertz CT molecular complexity index is 518. The molecular weight excluding hydrogens is 248 g/mol. The topological polar surface area (TPSA) is 42.7 Å². The highest BCUT2D eigenvalue weighted by Crippen LogP contribution is 2.25. The molecule has 0 radical (unpaired) electrons. The van der Waals surface area contributed by atoms with Crippen LogP contribution < -0.4 is 5.32 Å². The summed E-state index contributed by atoms with van der Waals surface area (Å²) in [4.78, 5) is 3.97. The van der Waals surface area contributed by atoms with E-state index in [9.17, 15) is 0 Å². The smallest absolute Gasteiger partial charge is 0.138 e. The van der Waals surface area contributed by atoms with E-state index >= 15 is 0 Å². The summed E-state index contributed by atoms with van der Waals surface area (Å²) >= 11 is 0. The predicted molar refractivity (Wildman–Crippen MR) is 81.0 cm³/mol. The van der Waals surface area contributed by atoms with Gasteiger partial charge in [-0.1, -0.05) is 19.8 Å². The molecule has 1 aromatic carbocycles. The molecule has 2 unspecified atom stereocenters. The minimum Gasteiger partial charge on any atom is -0.382 e. The van der Waals surface area contributed by atoms with Gasteiger partial charge in [0.2, 0.25) is 0 Å². The van der Waals surface area contributed by atoms with E-state index in [1.165, 1.54) is 37.8 Å². The molecule has 0 amide bonds. The van der Waals surface area contributed by atoms with Gasteiger partial charge in [-0.2, -0.15) is 5.10 Å². The molecule has 1 aromatic heterocycles. The van der Waals surface area contributed by atoms with Crippen molar-refractivity contribution in [2.75, 3.05) is 5.32 Å². The van der Waals surface area contributed by atoms with Crippen molar-refractivity contribution in [2.45, 2.75) is 45.1 Å². The molecular formula is C16H22N4. The van der Waals surface area contributed by atoms with E-state index in [-0.39, 0.29) is 0 Å². The molecule has 20 heavy (non-hydrogen) atoms. The average Bonchev–Trinajstić information content (AvgIpc) is 2.92. The normalized spacial score (nSPS) is 23.2. The van der Waals surface area contributed by atoms with Gasteiger partial charge >= 0.3 is 0 Å². The van der Waals surface area contributed by atoms with E-state index in [0.29, 0.717) is 6.04 Å². The molecule has 2 aromatic rings. The Labute approximate surface area is 120 Å². The van der Waals surface area contributed by atoms with Gasteiger partial charge in [-0.05, 0) is 49.4 Å². The molecule has 1 N–H and O–H groups in total. The first-order chi connectivity index (χ1) is 9.81. The standard InChI is InChI=1S/C16H22N4/c1-13-3-2-4-14(6-5-13)19-15-7-9-16(10-8-15)20-12-17-11-18-20/h7-14,19H,2-6H2,1H3. The van der Waals surface area contributed by atoms with Crippen molar-refractivity contribution in [3.8, 4) is 5.69 Å². The molecule has 0 bridgehead atoms. The quantitative estimate of drug-likeness (QED) is 0.866. The van der Waals surface area contributed by atoms with Crippen molar-refractivity contribution in [1.82, 2.24) is 14.8 Å². The third kappa shape index (κ3) is 3.18. The number of nitrogens with zero attached hydrogens (tertiary/aromatic N) is 3. The maximum Gasteiger partial charge on any atom is 0.138 e. The van der Waals surface area contributed by atoms with Gasteiger partial charge in [0.25, 0.3) is 0 Å². The van der Waals surface area contributed by atoms with Gasteiger partial charge in [-0.3, -0.25) is 0 Å². The van der Waals surface area contributed by atoms with Crippen LogP contribution >= 0.6 is 0 Å². The maximum atomic E-state index is 4.14. The van der Waals surface area contributed by atoms with E-state index in [1.807, 2.05) is 0 Å². The zero-order valence-electron chi connectivity index (χ0n) is 12.0. The van der Waals surface area contributed by atoms with Gasteiger partial charge in [0.1, 0.15) is 12.7 Å². The average molecular weight is 270 g/mol. The first kappa shape index (κ1) is 13.2. The first-order valence-corrected chi connectivity index (χ1v) is 7.53. The van der Waals surface area contributed by atoms with Gasteiger partial charge in [-0.25, -0.2) is 9.67 Å². The molecule has 2 atom stereocenters. The zero-order valence-corrected chi connectivity index (χ0v) is 12.0. The lowest BCUT2D eigenvalue weighted by molar-refractivity contribution is 0.502. The predicted octanol–water partition coefficient (Wildman–Crippen LogP) is 3.65. The number of hydrogen-bond acceptors (Lipinski definition) is 3. The summed E-state index contributed by atoms with van der Waals surface area (Å²) in [5, 5.41) is 7.81. The Balaban J connectivity index is 1.63. The van der Waals surface area contributed by atoms with Crippen molar-refractivity contribution >= 4 is 5.69 Å². The monoisotopic (exact) mass is 270 g/mol. The van der Waals surface area contributed by atoms with Gasteiger partial charge in [-0.15, -0.1) is 0 Å². The SMILES string of the molecule is CC1CCCC(Nc2ccc(-n3cncn3)cc2)CC1. The lowest BCUT2D eigenvalue weighted by Crippen LogP contribution is -2.18. The minimum absolute atomic E-state index is 0.622. The Hall–Kier alpha value is -1.84. The summed E-state index contributed by atoms with van der Waals surface area (Å²) in [6.45, 7) is 2.37. The van der Waals surface area contributed by atoms with Gasteiger partial charge < -0.3 is 5.32 Å². The van der Waals surface area contributed by atoms with Crippen LogP contribution in [0.4, 0.5) is 5.69 Å². The molecule has 1 heterocycles. The molecule has 3 rings (SSSR count). The Kier molecular flexibility index (Phi) is 4.00. The zero-order chi connectivity index (χ0) is 13.8. The fraction of sp³-hybridized carbons (Fsp3) is 0.500. The van der Waals surface area contributed by atoms with Crippen LogP contribution in [0.25, 0.3) is 5.69 Å². The highest BCUT2D eigenvalue weighted by atomic mass is 15.3. The van der Waals surface area contributed by atoms with Crippen molar-refractivity contribution in [1.29, 1.82) is 0 Å². The first-order valence-electron chi connectivity index (χ1n) is 7.53. The van der Waals surface area contributed by atoms with E-state index < -0.39 is 0 Å². The molecule has 1 aliphatic rings. The van der Waals surface area contributed by atoms with Crippen molar-refractivity contribution < 1.29 is 0 Å². The van der Waals surface area contributed by atoms with E-state index in [2.05, 4.69) is 46.6 Å². The second kappa shape index (κ2) is 6.07. The second-order valence-electron chi connectivity index (χ2n) is 5.84. The largest absolute Gasteiger partial charge is 0.382 e. The summed E-state index contributed by atoms with van der Waals surface area (Å²) in [6.07, 6.45) is 9.91. The van der Waals surface area contributed by atoms with Crippen molar-refractivity contribution in [3.63, 3.8) is 0 Å². The summed E-state index contributed by atoms with van der Waals surface area (Å²) < 4.78 is 1.77. The number of anilines is 1. The highest BCUT2D eigenvalue weighted by molar-refractivity contribution is 5.49. The number of nitrogens with one attached hydrogen (secondary N) is 1. The molecule has 0 aliphatic heterocycles. The fourth-order valence-electron chi connectivity index (χ4n) is 2.92. The minimum atomic E-state index is 0.622. The van der Waals surface area contributed by atoms with Crippen LogP contribution in [0.2, 0.25) is 0 Å². The molecule has 4 nitrogen and oxygen atoms in total. The third-order valence-electron chi connectivity index (χ3n) is 4.18. The molecule has 1 aliphatic carbocycles. The maximum absolute atomic E-state index is 4.14. The van der Waals surface area contributed by atoms with Crippen molar-refractivity contribution in [3.05, 3.63) is 36.9 Å². The lowest BCUT2D eigenvalue weighted by Gasteiger charge is -2.18. The summed E-state index contributed by atoms with van der Waals surface area (Å²) in [5.74, 6) is 0.886. The van der Waals surface area contributed by atoms with Crippen molar-refractivity contribution in [2.24, 2.45) is 5.92 Å². The number of rotatable bonds is 3. The van der Waals surface area contributed by atoms with Crippen LogP contribution in [0.3, 0.4) is 0 Å². The second-order valence-corrected chi connectivity index (χ2v) is 5.84. The van der Waals surface area contributed by atoms with Gasteiger partial charge in [0.15, 0.2) is 0 Å². The van der Waals surface area contributed by atoms with Crippen LogP contribution in [0.1, 0.15) is 39.0 Å². The Morgan fingerprint density at radius 3 is 2.70 bits per heavy atom. The van der Waals surface area contributed by atoms with Crippen LogP contribution in [0.15, 0.2) is 36.9 Å². The Morgan fingerprint density at radius 2 is 1.95 bits per heavy atom. The van der Waals surface area contributed by atoms with E-state index in [4.69, 9.17) is 0 Å². The molecule has 106 valence electrons. The number of benzene rings is 1. The number of hydrogen-bond donors (Lipinski definition) is 1. The van der Waals surface area contributed by atoms with Crippen LogP contribution in [-0.4, -0.2) is 20.8 Å². The number of aromatic nitrogens is 3. The fourth-order valence-corrected chi connectivity index (χ4v) is 2.92. The van der Waals surface area contributed by atoms with E-state index in [1.54, 1.807) is 17.3 Å². The van der Waals surface area contributed by atoms with Gasteiger partial charge in [0.05, 0.1) is 5.69 Å². The molecule has 0 spiro atoms. The summed E-state index contributed by atoms with van der Waals surface area (Å²) in [7, 11) is 0.